The molecule has 10 heteroatoms. The van der Waals surface area contributed by atoms with E-state index in [1.807, 2.05) is 6.26 Å². The maximum Gasteiger partial charge on any atom is 0.257 e. The summed E-state index contributed by atoms with van der Waals surface area (Å²) in [4.78, 5) is 47.5. The molecule has 2 amide bonds. The summed E-state index contributed by atoms with van der Waals surface area (Å²) < 4.78 is 0. The second-order valence-electron chi connectivity index (χ2n) is 6.06. The number of thiazole rings is 1. The van der Waals surface area contributed by atoms with Crippen LogP contribution in [0.15, 0.2) is 45.8 Å². The minimum absolute atomic E-state index is 0.149. The Hall–Kier alpha value is -2.98. The number of carbonyl (C=O) groups excluding carboxylic acids is 2. The summed E-state index contributed by atoms with van der Waals surface area (Å²) in [5.41, 5.74) is 1.95. The maximum atomic E-state index is 12.2. The van der Waals surface area contributed by atoms with Gasteiger partial charge in [0.25, 0.3) is 11.5 Å². The molecule has 0 unspecified atom stereocenters. The largest absolute Gasteiger partial charge is 0.326 e. The van der Waals surface area contributed by atoms with Crippen LogP contribution >= 0.6 is 23.1 Å². The van der Waals surface area contributed by atoms with E-state index in [2.05, 4.69) is 25.6 Å². The molecule has 0 aliphatic rings. The minimum Gasteiger partial charge on any atom is -0.326 e. The minimum atomic E-state index is -0.270. The van der Waals surface area contributed by atoms with Gasteiger partial charge in [0.2, 0.25) is 5.91 Å². The number of thioether (sulfide) groups is 1. The summed E-state index contributed by atoms with van der Waals surface area (Å²) >= 11 is 2.69. The van der Waals surface area contributed by atoms with E-state index >= 15 is 0 Å². The Morgan fingerprint density at radius 2 is 1.97 bits per heavy atom. The molecular weight excluding hydrogens is 410 g/mol. The molecule has 2 aromatic heterocycles. The number of rotatable bonds is 7. The van der Waals surface area contributed by atoms with E-state index in [1.54, 1.807) is 42.8 Å². The summed E-state index contributed by atoms with van der Waals surface area (Å²) in [6.07, 6.45) is 3.89. The van der Waals surface area contributed by atoms with Crippen LogP contribution in [0.2, 0.25) is 0 Å². The highest BCUT2D eigenvalue weighted by Gasteiger charge is 2.12. The van der Waals surface area contributed by atoms with E-state index in [9.17, 15) is 14.4 Å². The third kappa shape index (κ3) is 5.52. The first-order valence-electron chi connectivity index (χ1n) is 8.71. The quantitative estimate of drug-likeness (QED) is 0.393. The van der Waals surface area contributed by atoms with Gasteiger partial charge in [-0.2, -0.15) is 0 Å². The van der Waals surface area contributed by atoms with Gasteiger partial charge in [-0.05, 0) is 43.9 Å². The first-order valence-corrected chi connectivity index (χ1v) is 10.8. The second kappa shape index (κ2) is 9.48. The number of H-pyrrole nitrogens is 1. The van der Waals surface area contributed by atoms with Crippen molar-refractivity contribution in [2.75, 3.05) is 16.9 Å². The Morgan fingerprint density at radius 3 is 2.59 bits per heavy atom. The number of aryl methyl sites for hydroxylation is 1. The van der Waals surface area contributed by atoms with Crippen LogP contribution in [0.3, 0.4) is 0 Å². The molecule has 3 aromatic rings. The van der Waals surface area contributed by atoms with E-state index < -0.39 is 0 Å². The molecule has 8 nitrogen and oxygen atoms in total. The Balaban J connectivity index is 1.56. The normalized spacial score (nSPS) is 10.6. The summed E-state index contributed by atoms with van der Waals surface area (Å²) in [6, 6.07) is 6.56. The molecule has 3 rings (SSSR count). The predicted octanol–water partition coefficient (Wildman–Crippen LogP) is 3.08. The molecule has 3 N–H and O–H groups in total. The Bertz CT molecular complexity index is 1060. The fraction of sp³-hybridized carbons (Fsp3) is 0.211. The van der Waals surface area contributed by atoms with Crippen molar-refractivity contribution in [3.63, 3.8) is 0 Å². The molecule has 0 saturated carbocycles. The van der Waals surface area contributed by atoms with Gasteiger partial charge in [-0.15, -0.1) is 11.3 Å². The SMILES string of the molecule is CSc1nc(C)c(CCC(=O)Nc2ccc(C(=O)Nc3nccs3)cc2)c(=O)[nH]1. The zero-order valence-electron chi connectivity index (χ0n) is 15.8. The molecule has 0 bridgehead atoms. The molecule has 0 spiro atoms. The number of hydrogen-bond donors (Lipinski definition) is 3. The van der Waals surface area contributed by atoms with Crippen molar-refractivity contribution >= 4 is 45.7 Å². The zero-order valence-corrected chi connectivity index (χ0v) is 17.4. The molecule has 0 aliphatic heterocycles. The van der Waals surface area contributed by atoms with Gasteiger partial charge >= 0.3 is 0 Å². The van der Waals surface area contributed by atoms with Crippen LogP contribution in [-0.2, 0) is 11.2 Å². The number of nitrogens with one attached hydrogen (secondary N) is 3. The smallest absolute Gasteiger partial charge is 0.257 e. The zero-order chi connectivity index (χ0) is 20.8. The fourth-order valence-corrected chi connectivity index (χ4v) is 3.54. The molecule has 0 fully saturated rings. The van der Waals surface area contributed by atoms with Crippen molar-refractivity contribution in [2.45, 2.75) is 24.9 Å². The van der Waals surface area contributed by atoms with Crippen LogP contribution in [0.4, 0.5) is 10.8 Å². The van der Waals surface area contributed by atoms with Gasteiger partial charge in [0, 0.05) is 40.5 Å². The monoisotopic (exact) mass is 429 g/mol. The van der Waals surface area contributed by atoms with Gasteiger partial charge in [-0.3, -0.25) is 19.7 Å². The highest BCUT2D eigenvalue weighted by Crippen LogP contribution is 2.15. The molecule has 0 saturated heterocycles. The van der Waals surface area contributed by atoms with Crippen LogP contribution in [0.25, 0.3) is 0 Å². The number of benzene rings is 1. The second-order valence-corrected chi connectivity index (χ2v) is 7.75. The van der Waals surface area contributed by atoms with Crippen LogP contribution in [0.1, 0.15) is 28.0 Å². The van der Waals surface area contributed by atoms with Gasteiger partial charge < -0.3 is 10.3 Å². The average molecular weight is 430 g/mol. The van der Waals surface area contributed by atoms with Crippen LogP contribution in [0.5, 0.6) is 0 Å². The Kier molecular flexibility index (Phi) is 6.78. The van der Waals surface area contributed by atoms with Gasteiger partial charge in [-0.1, -0.05) is 11.8 Å². The van der Waals surface area contributed by atoms with Crippen molar-refractivity contribution < 1.29 is 9.59 Å². The molecule has 2 heterocycles. The maximum absolute atomic E-state index is 12.2. The molecule has 1 aromatic carbocycles. The number of hydrogen-bond acceptors (Lipinski definition) is 7. The topological polar surface area (TPSA) is 117 Å². The van der Waals surface area contributed by atoms with Gasteiger partial charge in [-0.25, -0.2) is 9.97 Å². The Labute approximate surface area is 175 Å². The van der Waals surface area contributed by atoms with E-state index in [4.69, 9.17) is 0 Å². The summed E-state index contributed by atoms with van der Waals surface area (Å²) in [7, 11) is 0. The van der Waals surface area contributed by atoms with Crippen molar-refractivity contribution in [1.82, 2.24) is 15.0 Å². The molecule has 0 aliphatic carbocycles. The fourth-order valence-electron chi connectivity index (χ4n) is 2.60. The summed E-state index contributed by atoms with van der Waals surface area (Å²) in [5.74, 6) is -0.494. The summed E-state index contributed by atoms with van der Waals surface area (Å²) in [6.45, 7) is 1.76. The lowest BCUT2D eigenvalue weighted by Crippen LogP contribution is -2.20. The van der Waals surface area contributed by atoms with Crippen molar-refractivity contribution in [3.05, 3.63) is 63.0 Å². The van der Waals surface area contributed by atoms with Gasteiger partial charge in [0.05, 0.1) is 0 Å². The first kappa shape index (κ1) is 20.7. The van der Waals surface area contributed by atoms with Crippen molar-refractivity contribution in [2.24, 2.45) is 0 Å². The lowest BCUT2D eigenvalue weighted by molar-refractivity contribution is -0.116. The van der Waals surface area contributed by atoms with Crippen LogP contribution < -0.4 is 16.2 Å². The van der Waals surface area contributed by atoms with Crippen LogP contribution in [-0.4, -0.2) is 33.0 Å². The van der Waals surface area contributed by atoms with E-state index in [0.29, 0.717) is 39.2 Å². The number of aromatic amines is 1. The lowest BCUT2D eigenvalue weighted by Gasteiger charge is -2.08. The molecule has 0 atom stereocenters. The van der Waals surface area contributed by atoms with E-state index in [0.717, 1.165) is 0 Å². The van der Waals surface area contributed by atoms with Crippen LogP contribution in [0, 0.1) is 6.92 Å². The standard InChI is InChI=1S/C19H19N5O3S2/c1-11-14(17(27)24-19(21-11)28-2)7-8-15(25)22-13-5-3-12(4-6-13)16(26)23-18-20-9-10-29-18/h3-6,9-10H,7-8H2,1-2H3,(H,22,25)(H,20,23,26)(H,21,24,27). The van der Waals surface area contributed by atoms with Gasteiger partial charge in [0.15, 0.2) is 10.3 Å². The first-order chi connectivity index (χ1) is 14.0. The van der Waals surface area contributed by atoms with E-state index in [-0.39, 0.29) is 23.8 Å². The van der Waals surface area contributed by atoms with Crippen molar-refractivity contribution in [1.29, 1.82) is 0 Å². The lowest BCUT2D eigenvalue weighted by atomic mass is 10.1. The van der Waals surface area contributed by atoms with E-state index in [1.165, 1.54) is 23.1 Å². The molecular formula is C19H19N5O3S2. The third-order valence-corrected chi connectivity index (χ3v) is 5.35. The number of aromatic nitrogens is 3. The number of anilines is 2. The van der Waals surface area contributed by atoms with Gasteiger partial charge in [0.1, 0.15) is 0 Å². The number of nitrogens with zero attached hydrogens (tertiary/aromatic N) is 2. The molecule has 0 radical (unpaired) electrons. The molecule has 150 valence electrons. The van der Waals surface area contributed by atoms with Crippen molar-refractivity contribution in [3.8, 4) is 0 Å². The highest BCUT2D eigenvalue weighted by atomic mass is 32.2. The summed E-state index contributed by atoms with van der Waals surface area (Å²) in [5, 5.41) is 8.32. The number of amides is 2. The predicted molar refractivity (Wildman–Crippen MR) is 115 cm³/mol. The number of carbonyl (C=O) groups is 2. The highest BCUT2D eigenvalue weighted by molar-refractivity contribution is 7.98. The average Bonchev–Trinajstić information content (AvgIpc) is 3.20. The molecule has 29 heavy (non-hydrogen) atoms. The Morgan fingerprint density at radius 1 is 1.21 bits per heavy atom. The third-order valence-electron chi connectivity index (χ3n) is 4.08.